The van der Waals surface area contributed by atoms with Gasteiger partial charge < -0.3 is 14.3 Å². The highest BCUT2D eigenvalue weighted by molar-refractivity contribution is 5.92. The average molecular weight is 335 g/mol. The third-order valence-corrected chi connectivity index (χ3v) is 3.81. The number of imidazole rings is 1. The summed E-state index contributed by atoms with van der Waals surface area (Å²) in [6.07, 6.45) is 1.56. The number of benzene rings is 2. The third-order valence-electron chi connectivity index (χ3n) is 3.81. The zero-order valence-corrected chi connectivity index (χ0v) is 13.1. The number of nitrogens with zero attached hydrogens (tertiary/aromatic N) is 2. The van der Waals surface area contributed by atoms with E-state index < -0.39 is 5.82 Å². The number of fused-ring (bicyclic) bond motifs is 1. The first-order valence-electron chi connectivity index (χ1n) is 7.75. The summed E-state index contributed by atoms with van der Waals surface area (Å²) in [6, 6.07) is 16.9. The first kappa shape index (κ1) is 15.1. The number of carbonyl (C=O) groups is 1. The normalized spacial score (nSPS) is 10.9. The van der Waals surface area contributed by atoms with E-state index >= 15 is 0 Å². The maximum atomic E-state index is 13.3. The van der Waals surface area contributed by atoms with Gasteiger partial charge in [-0.05, 0) is 42.5 Å². The summed E-state index contributed by atoms with van der Waals surface area (Å²) in [7, 11) is 0. The van der Waals surface area contributed by atoms with Crippen LogP contribution in [-0.4, -0.2) is 15.5 Å². The molecule has 2 heterocycles. The number of nitrogens with one attached hydrogen (secondary N) is 1. The van der Waals surface area contributed by atoms with Crippen molar-refractivity contribution in [2.75, 3.05) is 5.32 Å². The number of anilines is 1. The van der Waals surface area contributed by atoms with Crippen LogP contribution in [0.5, 0.6) is 0 Å². The molecule has 0 atom stereocenters. The Kier molecular flexibility index (Phi) is 3.78. The first-order valence-corrected chi connectivity index (χ1v) is 7.75. The van der Waals surface area contributed by atoms with E-state index in [1.807, 2.05) is 24.3 Å². The van der Waals surface area contributed by atoms with E-state index in [0.29, 0.717) is 17.3 Å². The maximum absolute atomic E-state index is 13.3. The number of para-hydroxylation sites is 2. The molecule has 0 radical (unpaired) electrons. The van der Waals surface area contributed by atoms with Gasteiger partial charge in [-0.2, -0.15) is 0 Å². The number of carbonyl (C=O) groups excluding carboxylic acids is 1. The molecule has 25 heavy (non-hydrogen) atoms. The predicted octanol–water partition coefficient (Wildman–Crippen LogP) is 4.07. The van der Waals surface area contributed by atoms with Crippen LogP contribution in [0.1, 0.15) is 0 Å². The summed E-state index contributed by atoms with van der Waals surface area (Å²) in [5.41, 5.74) is 2.00. The van der Waals surface area contributed by atoms with Crippen LogP contribution in [0.25, 0.3) is 22.6 Å². The van der Waals surface area contributed by atoms with Crippen LogP contribution in [-0.2, 0) is 11.3 Å². The van der Waals surface area contributed by atoms with Gasteiger partial charge in [0.05, 0.1) is 17.3 Å². The highest BCUT2D eigenvalue weighted by Crippen LogP contribution is 2.25. The molecule has 0 spiro atoms. The summed E-state index contributed by atoms with van der Waals surface area (Å²) in [4.78, 5) is 17.0. The summed E-state index contributed by atoms with van der Waals surface area (Å²) in [5.74, 6) is 0.471. The molecule has 0 saturated heterocycles. The van der Waals surface area contributed by atoms with Crippen molar-refractivity contribution in [3.8, 4) is 11.6 Å². The number of hydrogen-bond donors (Lipinski definition) is 1. The van der Waals surface area contributed by atoms with Crippen molar-refractivity contribution in [3.05, 3.63) is 72.7 Å². The van der Waals surface area contributed by atoms with Crippen LogP contribution in [0.3, 0.4) is 0 Å². The van der Waals surface area contributed by atoms with Gasteiger partial charge in [0.2, 0.25) is 5.91 Å². The molecule has 6 heteroatoms. The van der Waals surface area contributed by atoms with Crippen molar-refractivity contribution in [1.29, 1.82) is 0 Å². The van der Waals surface area contributed by atoms with Gasteiger partial charge in [-0.25, -0.2) is 9.37 Å². The van der Waals surface area contributed by atoms with E-state index in [0.717, 1.165) is 11.0 Å². The molecule has 2 aromatic carbocycles. The fraction of sp³-hybridized carbons (Fsp3) is 0.0526. The highest BCUT2D eigenvalue weighted by Gasteiger charge is 2.17. The molecule has 4 aromatic rings. The van der Waals surface area contributed by atoms with Crippen molar-refractivity contribution >= 4 is 22.6 Å². The summed E-state index contributed by atoms with van der Waals surface area (Å²) in [5, 5.41) is 2.70. The van der Waals surface area contributed by atoms with Gasteiger partial charge in [-0.15, -0.1) is 0 Å². The molecule has 5 nitrogen and oxygen atoms in total. The number of furan rings is 1. The second-order valence-electron chi connectivity index (χ2n) is 5.55. The molecule has 0 aliphatic carbocycles. The van der Waals surface area contributed by atoms with Gasteiger partial charge in [0.25, 0.3) is 0 Å². The Bertz CT molecular complexity index is 1040. The molecular weight excluding hydrogens is 321 g/mol. The SMILES string of the molecule is O=C(Cn1c(-c2ccco2)nc2ccccc21)Nc1cccc(F)c1. The minimum Gasteiger partial charge on any atom is -0.461 e. The molecule has 1 N–H and O–H groups in total. The van der Waals surface area contributed by atoms with Gasteiger partial charge >= 0.3 is 0 Å². The number of aromatic nitrogens is 2. The van der Waals surface area contributed by atoms with E-state index in [4.69, 9.17) is 4.42 Å². The Balaban J connectivity index is 1.68. The molecule has 4 rings (SSSR count). The number of amides is 1. The number of halogens is 1. The Morgan fingerprint density at radius 3 is 2.80 bits per heavy atom. The van der Waals surface area contributed by atoms with Gasteiger partial charge in [-0.1, -0.05) is 18.2 Å². The molecular formula is C19H14FN3O2. The molecule has 1 amide bonds. The van der Waals surface area contributed by atoms with E-state index in [-0.39, 0.29) is 12.5 Å². The van der Waals surface area contributed by atoms with E-state index in [2.05, 4.69) is 10.3 Å². The summed E-state index contributed by atoms with van der Waals surface area (Å²) < 4.78 is 20.5. The van der Waals surface area contributed by atoms with E-state index in [1.54, 1.807) is 35.1 Å². The van der Waals surface area contributed by atoms with Crippen LogP contribution in [0.2, 0.25) is 0 Å². The van der Waals surface area contributed by atoms with E-state index in [9.17, 15) is 9.18 Å². The molecule has 2 aromatic heterocycles. The number of hydrogen-bond acceptors (Lipinski definition) is 3. The predicted molar refractivity (Wildman–Crippen MR) is 92.5 cm³/mol. The number of rotatable bonds is 4. The van der Waals surface area contributed by atoms with Gasteiger partial charge in [0, 0.05) is 5.69 Å². The van der Waals surface area contributed by atoms with Crippen LogP contribution in [0.4, 0.5) is 10.1 Å². The minimum absolute atomic E-state index is 0.0348. The van der Waals surface area contributed by atoms with Gasteiger partial charge in [0.1, 0.15) is 12.4 Å². The highest BCUT2D eigenvalue weighted by atomic mass is 19.1. The smallest absolute Gasteiger partial charge is 0.244 e. The lowest BCUT2D eigenvalue weighted by Crippen LogP contribution is -2.19. The molecule has 0 bridgehead atoms. The topological polar surface area (TPSA) is 60.1 Å². The quantitative estimate of drug-likeness (QED) is 0.611. The lowest BCUT2D eigenvalue weighted by atomic mass is 10.3. The van der Waals surface area contributed by atoms with Crippen LogP contribution >= 0.6 is 0 Å². The Hall–Kier alpha value is -3.41. The molecule has 0 aliphatic rings. The average Bonchev–Trinajstić information content (AvgIpc) is 3.23. The fourth-order valence-corrected chi connectivity index (χ4v) is 2.74. The third kappa shape index (κ3) is 3.01. The Morgan fingerprint density at radius 1 is 1.12 bits per heavy atom. The molecule has 0 aliphatic heterocycles. The van der Waals surface area contributed by atoms with Crippen LogP contribution < -0.4 is 5.32 Å². The van der Waals surface area contributed by atoms with E-state index in [1.165, 1.54) is 12.1 Å². The molecule has 0 unspecified atom stereocenters. The van der Waals surface area contributed by atoms with Gasteiger partial charge in [-0.3, -0.25) is 4.79 Å². The van der Waals surface area contributed by atoms with Crippen molar-refractivity contribution in [3.63, 3.8) is 0 Å². The summed E-state index contributed by atoms with van der Waals surface area (Å²) in [6.45, 7) is 0.0348. The van der Waals surface area contributed by atoms with Crippen LogP contribution in [0, 0.1) is 5.82 Å². The van der Waals surface area contributed by atoms with Crippen molar-refractivity contribution < 1.29 is 13.6 Å². The second-order valence-corrected chi connectivity index (χ2v) is 5.55. The second kappa shape index (κ2) is 6.24. The molecule has 0 saturated carbocycles. The van der Waals surface area contributed by atoms with Gasteiger partial charge in [0.15, 0.2) is 11.6 Å². The van der Waals surface area contributed by atoms with Crippen molar-refractivity contribution in [1.82, 2.24) is 9.55 Å². The fourth-order valence-electron chi connectivity index (χ4n) is 2.74. The lowest BCUT2D eigenvalue weighted by molar-refractivity contribution is -0.116. The standard InChI is InChI=1S/C19H14FN3O2/c20-13-5-3-6-14(11-13)21-18(24)12-23-16-8-2-1-7-15(16)22-19(23)17-9-4-10-25-17/h1-11H,12H2,(H,21,24). The Morgan fingerprint density at radius 2 is 2.00 bits per heavy atom. The minimum atomic E-state index is -0.401. The largest absolute Gasteiger partial charge is 0.461 e. The molecule has 0 fully saturated rings. The lowest BCUT2D eigenvalue weighted by Gasteiger charge is -2.09. The molecule has 124 valence electrons. The monoisotopic (exact) mass is 335 g/mol. The first-order chi connectivity index (χ1) is 12.2. The van der Waals surface area contributed by atoms with Crippen LogP contribution in [0.15, 0.2) is 71.3 Å². The zero-order valence-electron chi connectivity index (χ0n) is 13.1. The summed E-state index contributed by atoms with van der Waals surface area (Å²) >= 11 is 0. The zero-order chi connectivity index (χ0) is 17.2. The maximum Gasteiger partial charge on any atom is 0.244 e. The van der Waals surface area contributed by atoms with Crippen molar-refractivity contribution in [2.24, 2.45) is 0 Å². The Labute approximate surface area is 142 Å². The van der Waals surface area contributed by atoms with Crippen molar-refractivity contribution in [2.45, 2.75) is 6.54 Å².